The van der Waals surface area contributed by atoms with Gasteiger partial charge >= 0.3 is 0 Å². The first-order valence-corrected chi connectivity index (χ1v) is 11.3. The summed E-state index contributed by atoms with van der Waals surface area (Å²) in [4.78, 5) is 21.4. The average molecular weight is 570 g/mol. The Labute approximate surface area is 206 Å². The number of hydrogen-bond donors (Lipinski definition) is 2. The van der Waals surface area contributed by atoms with Gasteiger partial charge in [0, 0.05) is 55.9 Å². The number of nitrogens with one attached hydrogen (secondary N) is 2. The number of aliphatic imine (C=N–C) groups is 1. The molecule has 1 heterocycles. The second-order valence-corrected chi connectivity index (χ2v) is 8.52. The summed E-state index contributed by atoms with van der Waals surface area (Å²) >= 11 is 7.67. The Morgan fingerprint density at radius 1 is 1.20 bits per heavy atom. The fourth-order valence-corrected chi connectivity index (χ4v) is 3.56. The van der Waals surface area contributed by atoms with Gasteiger partial charge in [-0.2, -0.15) is 0 Å². The topological polar surface area (TPSA) is 69.2 Å². The fourth-order valence-electron chi connectivity index (χ4n) is 2.67. The third kappa shape index (κ3) is 11.6. The number of carbonyl (C=O) groups excluding carboxylic acids is 1. The van der Waals surface area contributed by atoms with Crippen molar-refractivity contribution in [1.29, 1.82) is 0 Å². The lowest BCUT2D eigenvalue weighted by Gasteiger charge is -2.26. The van der Waals surface area contributed by atoms with Gasteiger partial charge in [-0.3, -0.25) is 9.69 Å². The van der Waals surface area contributed by atoms with Crippen molar-refractivity contribution in [2.24, 2.45) is 4.99 Å². The molecule has 0 spiro atoms. The normalized spacial score (nSPS) is 14.7. The van der Waals surface area contributed by atoms with E-state index in [2.05, 4.69) is 20.5 Å². The molecular weight excluding hydrogens is 537 g/mol. The van der Waals surface area contributed by atoms with Gasteiger partial charge < -0.3 is 20.3 Å². The molecular formula is C20H33ClIN5O2S. The van der Waals surface area contributed by atoms with Gasteiger partial charge in [0.1, 0.15) is 6.54 Å². The van der Waals surface area contributed by atoms with Crippen LogP contribution in [0.2, 0.25) is 5.02 Å². The van der Waals surface area contributed by atoms with Crippen molar-refractivity contribution in [3.63, 3.8) is 0 Å². The number of ether oxygens (including phenoxy) is 1. The summed E-state index contributed by atoms with van der Waals surface area (Å²) in [7, 11) is 3.48. The summed E-state index contributed by atoms with van der Waals surface area (Å²) in [5.74, 6) is 1.55. The van der Waals surface area contributed by atoms with Crippen LogP contribution in [0.1, 0.15) is 6.42 Å². The number of halogens is 2. The molecule has 2 rings (SSSR count). The molecule has 1 saturated heterocycles. The molecule has 0 bridgehead atoms. The van der Waals surface area contributed by atoms with Gasteiger partial charge in [-0.1, -0.05) is 11.6 Å². The van der Waals surface area contributed by atoms with Crippen molar-refractivity contribution < 1.29 is 9.53 Å². The van der Waals surface area contributed by atoms with Crippen molar-refractivity contribution in [3.8, 4) is 0 Å². The van der Waals surface area contributed by atoms with E-state index in [1.165, 1.54) is 4.90 Å². The summed E-state index contributed by atoms with van der Waals surface area (Å²) in [6.07, 6.45) is 1.02. The summed E-state index contributed by atoms with van der Waals surface area (Å²) in [5.41, 5.74) is 0. The molecule has 0 aromatic heterocycles. The lowest BCUT2D eigenvalue weighted by molar-refractivity contribution is -0.127. The van der Waals surface area contributed by atoms with E-state index in [0.29, 0.717) is 5.96 Å². The van der Waals surface area contributed by atoms with Crippen LogP contribution in [0.4, 0.5) is 0 Å². The number of rotatable bonds is 10. The zero-order chi connectivity index (χ0) is 20.9. The van der Waals surface area contributed by atoms with Crippen molar-refractivity contribution in [2.75, 3.05) is 72.3 Å². The largest absolute Gasteiger partial charge is 0.379 e. The Kier molecular flexibility index (Phi) is 14.5. The zero-order valence-electron chi connectivity index (χ0n) is 17.7. The van der Waals surface area contributed by atoms with E-state index in [1.54, 1.807) is 30.8 Å². The maximum atomic E-state index is 11.9. The van der Waals surface area contributed by atoms with E-state index in [-0.39, 0.29) is 36.4 Å². The molecule has 170 valence electrons. The molecule has 30 heavy (non-hydrogen) atoms. The van der Waals surface area contributed by atoms with Gasteiger partial charge in [-0.05, 0) is 37.2 Å². The highest BCUT2D eigenvalue weighted by molar-refractivity contribution is 14.0. The fraction of sp³-hybridized carbons (Fsp3) is 0.600. The SMILES string of the molecule is CN(C)C(=O)CN=C(NCCCN1CCOCC1)NCCSc1ccc(Cl)cc1.I. The standard InChI is InChI=1S/C20H32ClN5O2S.HI/c1-25(2)19(27)16-24-20(22-8-3-10-26-11-13-28-14-12-26)23-9-15-29-18-6-4-17(21)5-7-18;/h4-7H,3,8-16H2,1-2H3,(H2,22,23,24);1H. The number of amides is 1. The molecule has 0 saturated carbocycles. The van der Waals surface area contributed by atoms with Crippen LogP contribution in [-0.4, -0.2) is 94.0 Å². The minimum absolute atomic E-state index is 0. The van der Waals surface area contributed by atoms with Crippen molar-refractivity contribution in [2.45, 2.75) is 11.3 Å². The molecule has 7 nitrogen and oxygen atoms in total. The quantitative estimate of drug-likeness (QED) is 0.148. The van der Waals surface area contributed by atoms with E-state index in [9.17, 15) is 4.79 Å². The minimum Gasteiger partial charge on any atom is -0.379 e. The lowest BCUT2D eigenvalue weighted by Crippen LogP contribution is -2.42. The maximum absolute atomic E-state index is 11.9. The Balaban J connectivity index is 0.00000450. The third-order valence-electron chi connectivity index (χ3n) is 4.40. The first-order chi connectivity index (χ1) is 14.0. The number of nitrogens with zero attached hydrogens (tertiary/aromatic N) is 3. The predicted octanol–water partition coefficient (Wildman–Crippen LogP) is 2.40. The Morgan fingerprint density at radius 2 is 1.87 bits per heavy atom. The molecule has 1 aliphatic heterocycles. The summed E-state index contributed by atoms with van der Waals surface area (Å²) in [6, 6.07) is 7.82. The van der Waals surface area contributed by atoms with E-state index >= 15 is 0 Å². The van der Waals surface area contributed by atoms with Gasteiger partial charge in [0.25, 0.3) is 0 Å². The van der Waals surface area contributed by atoms with Gasteiger partial charge in [0.2, 0.25) is 5.91 Å². The number of carbonyl (C=O) groups is 1. The summed E-state index contributed by atoms with van der Waals surface area (Å²) in [5, 5.41) is 7.41. The van der Waals surface area contributed by atoms with E-state index < -0.39 is 0 Å². The van der Waals surface area contributed by atoms with Gasteiger partial charge in [0.15, 0.2) is 5.96 Å². The first-order valence-electron chi connectivity index (χ1n) is 9.95. The Hall–Kier alpha value is -0.750. The molecule has 0 atom stereocenters. The maximum Gasteiger partial charge on any atom is 0.243 e. The highest BCUT2D eigenvalue weighted by atomic mass is 127. The van der Waals surface area contributed by atoms with Crippen LogP contribution in [0.5, 0.6) is 0 Å². The minimum atomic E-state index is -0.0186. The smallest absolute Gasteiger partial charge is 0.243 e. The lowest BCUT2D eigenvalue weighted by atomic mass is 10.3. The van der Waals surface area contributed by atoms with E-state index in [4.69, 9.17) is 16.3 Å². The molecule has 1 aromatic carbocycles. The average Bonchev–Trinajstić information content (AvgIpc) is 2.73. The number of likely N-dealkylation sites (N-methyl/N-ethyl adjacent to an activating group) is 1. The molecule has 1 aliphatic rings. The number of guanidine groups is 1. The second kappa shape index (κ2) is 16.0. The van der Waals surface area contributed by atoms with E-state index in [1.807, 2.05) is 24.3 Å². The number of thioether (sulfide) groups is 1. The molecule has 1 amide bonds. The van der Waals surface area contributed by atoms with Crippen molar-refractivity contribution in [3.05, 3.63) is 29.3 Å². The highest BCUT2D eigenvalue weighted by Gasteiger charge is 2.09. The second-order valence-electron chi connectivity index (χ2n) is 6.92. The molecule has 10 heteroatoms. The van der Waals surface area contributed by atoms with Gasteiger partial charge in [-0.25, -0.2) is 4.99 Å². The van der Waals surface area contributed by atoms with Crippen LogP contribution >= 0.6 is 47.3 Å². The monoisotopic (exact) mass is 569 g/mol. The van der Waals surface area contributed by atoms with Crippen molar-refractivity contribution in [1.82, 2.24) is 20.4 Å². The first kappa shape index (κ1) is 27.3. The van der Waals surface area contributed by atoms with Crippen LogP contribution in [0.3, 0.4) is 0 Å². The van der Waals surface area contributed by atoms with Gasteiger partial charge in [0.05, 0.1) is 13.2 Å². The molecule has 0 aliphatic carbocycles. The molecule has 2 N–H and O–H groups in total. The van der Waals surface area contributed by atoms with Crippen LogP contribution in [-0.2, 0) is 9.53 Å². The number of morpholine rings is 1. The molecule has 1 fully saturated rings. The number of benzene rings is 1. The number of hydrogen-bond acceptors (Lipinski definition) is 5. The van der Waals surface area contributed by atoms with Crippen LogP contribution in [0.25, 0.3) is 0 Å². The predicted molar refractivity (Wildman–Crippen MR) is 136 cm³/mol. The molecule has 0 radical (unpaired) electrons. The Bertz CT molecular complexity index is 643. The molecule has 1 aromatic rings. The van der Waals surface area contributed by atoms with E-state index in [0.717, 1.165) is 63.1 Å². The highest BCUT2D eigenvalue weighted by Crippen LogP contribution is 2.19. The zero-order valence-corrected chi connectivity index (χ0v) is 21.6. The van der Waals surface area contributed by atoms with Crippen LogP contribution in [0, 0.1) is 0 Å². The van der Waals surface area contributed by atoms with Crippen LogP contribution < -0.4 is 10.6 Å². The van der Waals surface area contributed by atoms with Crippen molar-refractivity contribution >= 4 is 59.2 Å². The Morgan fingerprint density at radius 3 is 2.53 bits per heavy atom. The molecule has 0 unspecified atom stereocenters. The third-order valence-corrected chi connectivity index (χ3v) is 5.66. The van der Waals surface area contributed by atoms with Crippen LogP contribution in [0.15, 0.2) is 34.2 Å². The summed E-state index contributed by atoms with van der Waals surface area (Å²) in [6.45, 7) is 6.36. The summed E-state index contributed by atoms with van der Waals surface area (Å²) < 4.78 is 5.38. The van der Waals surface area contributed by atoms with Gasteiger partial charge in [-0.15, -0.1) is 35.7 Å².